The smallest absolute Gasteiger partial charge is 0.0351 e. The first kappa shape index (κ1) is 12.7. The molecule has 0 saturated heterocycles. The fourth-order valence-electron chi connectivity index (χ4n) is 1.62. The molecule has 0 amide bonds. The second kappa shape index (κ2) is 9.83. The normalized spacial score (nSPS) is 13.8. The van der Waals surface area contributed by atoms with E-state index in [0.29, 0.717) is 0 Å². The lowest BCUT2D eigenvalue weighted by Gasteiger charge is -2.07. The van der Waals surface area contributed by atoms with E-state index in [2.05, 4.69) is 32.9 Å². The van der Waals surface area contributed by atoms with Crippen LogP contribution in [0, 0.1) is 5.92 Å². The molecule has 13 heavy (non-hydrogen) atoms. The average Bonchev–Trinajstić information content (AvgIpc) is 2.11. The van der Waals surface area contributed by atoms with E-state index in [4.69, 9.17) is 0 Å². The van der Waals surface area contributed by atoms with Crippen LogP contribution in [-0.4, -0.2) is 0 Å². The summed E-state index contributed by atoms with van der Waals surface area (Å²) in [4.78, 5) is 0. The van der Waals surface area contributed by atoms with Crippen molar-refractivity contribution in [3.05, 3.63) is 12.2 Å². The van der Waals surface area contributed by atoms with Crippen LogP contribution in [0.25, 0.3) is 0 Å². The molecular formula is C13H26. The molecular weight excluding hydrogens is 156 g/mol. The van der Waals surface area contributed by atoms with Gasteiger partial charge in [-0.25, -0.2) is 0 Å². The minimum absolute atomic E-state index is 0.935. The van der Waals surface area contributed by atoms with Gasteiger partial charge in [-0.1, -0.05) is 58.6 Å². The molecule has 0 radical (unpaired) electrons. The molecule has 0 aliphatic rings. The third-order valence-electron chi connectivity index (χ3n) is 2.47. The molecule has 0 aliphatic carbocycles. The molecule has 0 aromatic carbocycles. The molecule has 0 aromatic heterocycles. The van der Waals surface area contributed by atoms with Crippen molar-refractivity contribution in [1.29, 1.82) is 0 Å². The molecule has 0 nitrogen and oxygen atoms in total. The summed E-state index contributed by atoms with van der Waals surface area (Å²) < 4.78 is 0. The zero-order valence-electron chi connectivity index (χ0n) is 9.68. The van der Waals surface area contributed by atoms with Crippen molar-refractivity contribution in [2.24, 2.45) is 5.92 Å². The summed E-state index contributed by atoms with van der Waals surface area (Å²) in [6, 6.07) is 0. The molecule has 0 aliphatic heterocycles. The molecule has 0 saturated carbocycles. The Hall–Kier alpha value is -0.260. The van der Waals surface area contributed by atoms with E-state index in [9.17, 15) is 0 Å². The van der Waals surface area contributed by atoms with Crippen LogP contribution >= 0.6 is 0 Å². The molecule has 78 valence electrons. The number of hydrogen-bond donors (Lipinski definition) is 0. The Labute approximate surface area is 84.4 Å². The molecule has 0 fully saturated rings. The minimum atomic E-state index is 0.935. The highest BCUT2D eigenvalue weighted by molar-refractivity contribution is 4.80. The van der Waals surface area contributed by atoms with Gasteiger partial charge in [0.1, 0.15) is 0 Å². The van der Waals surface area contributed by atoms with Gasteiger partial charge in [-0.15, -0.1) is 0 Å². The largest absolute Gasteiger partial charge is 0.0885 e. The number of allylic oxidation sites excluding steroid dienone is 2. The summed E-state index contributed by atoms with van der Waals surface area (Å²) in [7, 11) is 0. The van der Waals surface area contributed by atoms with Gasteiger partial charge in [0.05, 0.1) is 0 Å². The van der Waals surface area contributed by atoms with Crippen LogP contribution in [-0.2, 0) is 0 Å². The molecule has 0 spiro atoms. The van der Waals surface area contributed by atoms with Crippen molar-refractivity contribution in [3.63, 3.8) is 0 Å². The molecule has 1 atom stereocenters. The maximum atomic E-state index is 2.37. The Balaban J connectivity index is 3.15. The molecule has 1 unspecified atom stereocenters. The Morgan fingerprint density at radius 1 is 0.923 bits per heavy atom. The second-order valence-electron chi connectivity index (χ2n) is 4.08. The van der Waals surface area contributed by atoms with Crippen molar-refractivity contribution in [3.8, 4) is 0 Å². The van der Waals surface area contributed by atoms with Gasteiger partial charge in [0, 0.05) is 0 Å². The van der Waals surface area contributed by atoms with Gasteiger partial charge < -0.3 is 0 Å². The van der Waals surface area contributed by atoms with E-state index in [-0.39, 0.29) is 0 Å². The van der Waals surface area contributed by atoms with E-state index >= 15 is 0 Å². The van der Waals surface area contributed by atoms with Crippen molar-refractivity contribution >= 4 is 0 Å². The molecule has 0 bridgehead atoms. The molecule has 0 rings (SSSR count). The van der Waals surface area contributed by atoms with E-state index < -0.39 is 0 Å². The highest BCUT2D eigenvalue weighted by atomic mass is 14.0. The first-order chi connectivity index (χ1) is 6.31. The van der Waals surface area contributed by atoms with Gasteiger partial charge in [0.15, 0.2) is 0 Å². The summed E-state index contributed by atoms with van der Waals surface area (Å²) in [5.41, 5.74) is 0. The maximum Gasteiger partial charge on any atom is -0.0351 e. The van der Waals surface area contributed by atoms with Crippen LogP contribution in [0.4, 0.5) is 0 Å². The van der Waals surface area contributed by atoms with E-state index in [1.54, 1.807) is 0 Å². The van der Waals surface area contributed by atoms with Gasteiger partial charge in [-0.2, -0.15) is 0 Å². The summed E-state index contributed by atoms with van der Waals surface area (Å²) in [6.45, 7) is 6.88. The third-order valence-corrected chi connectivity index (χ3v) is 2.47. The molecule has 0 heteroatoms. The van der Waals surface area contributed by atoms with Crippen LogP contribution in [0.5, 0.6) is 0 Å². The van der Waals surface area contributed by atoms with Gasteiger partial charge in [-0.3, -0.25) is 0 Å². The fourth-order valence-corrected chi connectivity index (χ4v) is 1.62. The number of rotatable bonds is 8. The van der Waals surface area contributed by atoms with Crippen molar-refractivity contribution in [1.82, 2.24) is 0 Å². The average molecular weight is 182 g/mol. The SMILES string of the molecule is CCC/C=C/CCCC(C)CCC. The van der Waals surface area contributed by atoms with Gasteiger partial charge in [-0.05, 0) is 25.2 Å². The lowest BCUT2D eigenvalue weighted by molar-refractivity contribution is 0.471. The minimum Gasteiger partial charge on any atom is -0.0885 e. The summed E-state index contributed by atoms with van der Waals surface area (Å²) in [5.74, 6) is 0.935. The van der Waals surface area contributed by atoms with Gasteiger partial charge in [0.2, 0.25) is 0 Å². The fraction of sp³-hybridized carbons (Fsp3) is 0.846. The van der Waals surface area contributed by atoms with Crippen LogP contribution in [0.1, 0.15) is 65.7 Å². The van der Waals surface area contributed by atoms with Crippen molar-refractivity contribution < 1.29 is 0 Å². The number of hydrogen-bond acceptors (Lipinski definition) is 0. The predicted molar refractivity (Wildman–Crippen MR) is 62.0 cm³/mol. The zero-order valence-corrected chi connectivity index (χ0v) is 9.68. The van der Waals surface area contributed by atoms with Gasteiger partial charge in [0.25, 0.3) is 0 Å². The topological polar surface area (TPSA) is 0 Å². The highest BCUT2D eigenvalue weighted by Crippen LogP contribution is 2.13. The summed E-state index contributed by atoms with van der Waals surface area (Å²) >= 11 is 0. The zero-order chi connectivity index (χ0) is 9.94. The predicted octanol–water partition coefficient (Wildman–Crippen LogP) is 4.95. The van der Waals surface area contributed by atoms with Crippen LogP contribution in [0.15, 0.2) is 12.2 Å². The first-order valence-corrected chi connectivity index (χ1v) is 5.96. The lowest BCUT2D eigenvalue weighted by atomic mass is 9.99. The summed E-state index contributed by atoms with van der Waals surface area (Å²) in [5, 5.41) is 0. The first-order valence-electron chi connectivity index (χ1n) is 5.96. The van der Waals surface area contributed by atoms with Crippen LogP contribution in [0.2, 0.25) is 0 Å². The van der Waals surface area contributed by atoms with Crippen LogP contribution in [0.3, 0.4) is 0 Å². The molecule has 0 aromatic rings. The highest BCUT2D eigenvalue weighted by Gasteiger charge is 1.98. The Bertz CT molecular complexity index is 113. The molecule has 0 heterocycles. The summed E-state index contributed by atoms with van der Waals surface area (Å²) in [6.07, 6.45) is 14.0. The van der Waals surface area contributed by atoms with E-state index in [0.717, 1.165) is 5.92 Å². The second-order valence-corrected chi connectivity index (χ2v) is 4.08. The monoisotopic (exact) mass is 182 g/mol. The third kappa shape index (κ3) is 9.66. The molecule has 0 N–H and O–H groups in total. The lowest BCUT2D eigenvalue weighted by Crippen LogP contribution is -1.92. The maximum absolute atomic E-state index is 2.37. The van der Waals surface area contributed by atoms with Crippen LogP contribution < -0.4 is 0 Å². The van der Waals surface area contributed by atoms with Gasteiger partial charge >= 0.3 is 0 Å². The van der Waals surface area contributed by atoms with Crippen molar-refractivity contribution in [2.75, 3.05) is 0 Å². The van der Waals surface area contributed by atoms with Crippen molar-refractivity contribution in [2.45, 2.75) is 65.7 Å². The number of unbranched alkanes of at least 4 members (excludes halogenated alkanes) is 2. The standard InChI is InChI=1S/C13H26/c1-4-6-7-8-9-10-12-13(3)11-5-2/h7-8,13H,4-6,9-12H2,1-3H3/b8-7+. The Morgan fingerprint density at radius 2 is 1.62 bits per heavy atom. The van der Waals surface area contributed by atoms with E-state index in [1.807, 2.05) is 0 Å². The Morgan fingerprint density at radius 3 is 2.23 bits per heavy atom. The Kier molecular flexibility index (Phi) is 9.63. The van der Waals surface area contributed by atoms with E-state index in [1.165, 1.54) is 44.9 Å². The quantitative estimate of drug-likeness (QED) is 0.368.